The summed E-state index contributed by atoms with van der Waals surface area (Å²) in [7, 11) is 0. The van der Waals surface area contributed by atoms with Gasteiger partial charge < -0.3 is 4.74 Å². The van der Waals surface area contributed by atoms with E-state index in [-0.39, 0.29) is 0 Å². The van der Waals surface area contributed by atoms with Crippen molar-refractivity contribution < 1.29 is 4.74 Å². The molecular formula is C18H30N2O. The molecular weight excluding hydrogens is 260 g/mol. The molecule has 1 aromatic heterocycles. The summed E-state index contributed by atoms with van der Waals surface area (Å²) in [5.74, 6) is 2.21. The molecule has 0 bridgehead atoms. The van der Waals surface area contributed by atoms with Gasteiger partial charge in [0.1, 0.15) is 0 Å². The van der Waals surface area contributed by atoms with E-state index in [0.717, 1.165) is 11.6 Å². The first kappa shape index (κ1) is 16.3. The molecule has 1 heterocycles. The summed E-state index contributed by atoms with van der Waals surface area (Å²) < 4.78 is 5.36. The molecule has 0 radical (unpaired) electrons. The lowest BCUT2D eigenvalue weighted by atomic mass is 9.78. The van der Waals surface area contributed by atoms with Crippen LogP contribution in [0.4, 0.5) is 0 Å². The van der Waals surface area contributed by atoms with Gasteiger partial charge >= 0.3 is 0 Å². The molecule has 0 saturated heterocycles. The lowest BCUT2D eigenvalue weighted by Gasteiger charge is -2.28. The Bertz CT molecular complexity index is 383. The first-order valence-corrected chi connectivity index (χ1v) is 8.79. The third kappa shape index (κ3) is 5.29. The van der Waals surface area contributed by atoms with Crippen LogP contribution >= 0.6 is 0 Å². The molecule has 21 heavy (non-hydrogen) atoms. The number of ether oxygens (including phenoxy) is 1. The molecule has 0 N–H and O–H groups in total. The molecule has 0 unspecified atom stereocenters. The van der Waals surface area contributed by atoms with Crippen LogP contribution in [-0.4, -0.2) is 16.8 Å². The van der Waals surface area contributed by atoms with Gasteiger partial charge in [-0.25, -0.2) is 0 Å². The van der Waals surface area contributed by atoms with Crippen molar-refractivity contribution in [2.24, 2.45) is 5.92 Å². The van der Waals surface area contributed by atoms with Gasteiger partial charge in [-0.1, -0.05) is 39.0 Å². The Balaban J connectivity index is 1.73. The number of rotatable bonds is 8. The maximum absolute atomic E-state index is 5.36. The van der Waals surface area contributed by atoms with Crippen molar-refractivity contribution in [3.05, 3.63) is 17.8 Å². The summed E-state index contributed by atoms with van der Waals surface area (Å²) in [4.78, 5) is 0. The average Bonchev–Trinajstić information content (AvgIpc) is 2.53. The van der Waals surface area contributed by atoms with Crippen LogP contribution in [0.2, 0.25) is 0 Å². The summed E-state index contributed by atoms with van der Waals surface area (Å²) in [6.07, 6.45) is 12.3. The van der Waals surface area contributed by atoms with Crippen LogP contribution in [-0.2, 0) is 0 Å². The molecule has 118 valence electrons. The number of hydrogen-bond donors (Lipinski definition) is 0. The van der Waals surface area contributed by atoms with Crippen LogP contribution < -0.4 is 4.74 Å². The molecule has 0 spiro atoms. The fourth-order valence-corrected chi connectivity index (χ4v) is 3.38. The number of nitrogens with zero attached hydrogens (tertiary/aromatic N) is 2. The van der Waals surface area contributed by atoms with Crippen LogP contribution in [0.25, 0.3) is 0 Å². The standard InChI is InChI=1S/C18H30N2O/c1-3-5-6-7-8-15-9-11-16(12-10-15)17-13-14-18(20-19-17)21-4-2/h13-16H,3-12H2,1-2H3. The molecule has 3 nitrogen and oxygen atoms in total. The normalized spacial score (nSPS) is 22.2. The predicted molar refractivity (Wildman–Crippen MR) is 86.7 cm³/mol. The number of hydrogen-bond acceptors (Lipinski definition) is 3. The van der Waals surface area contributed by atoms with Crippen LogP contribution in [0, 0.1) is 5.92 Å². The minimum Gasteiger partial charge on any atom is -0.477 e. The van der Waals surface area contributed by atoms with E-state index in [1.54, 1.807) is 0 Å². The Kier molecular flexibility index (Phi) is 6.98. The average molecular weight is 290 g/mol. The van der Waals surface area contributed by atoms with Crippen molar-refractivity contribution in [2.75, 3.05) is 6.61 Å². The molecule has 1 aliphatic rings. The zero-order valence-corrected chi connectivity index (χ0v) is 13.7. The van der Waals surface area contributed by atoms with E-state index in [1.807, 2.05) is 13.0 Å². The van der Waals surface area contributed by atoms with E-state index in [0.29, 0.717) is 18.4 Å². The topological polar surface area (TPSA) is 35.0 Å². The number of aromatic nitrogens is 2. The van der Waals surface area contributed by atoms with E-state index in [9.17, 15) is 0 Å². The van der Waals surface area contributed by atoms with Crippen LogP contribution in [0.15, 0.2) is 12.1 Å². The molecule has 3 heteroatoms. The van der Waals surface area contributed by atoms with E-state index >= 15 is 0 Å². The highest BCUT2D eigenvalue weighted by atomic mass is 16.5. The Morgan fingerprint density at radius 1 is 1.00 bits per heavy atom. The summed E-state index contributed by atoms with van der Waals surface area (Å²) in [6, 6.07) is 4.06. The largest absolute Gasteiger partial charge is 0.477 e. The molecule has 0 aliphatic heterocycles. The molecule has 0 atom stereocenters. The lowest BCUT2D eigenvalue weighted by molar-refractivity contribution is 0.295. The maximum atomic E-state index is 5.36. The van der Waals surface area contributed by atoms with Gasteiger partial charge in [0.25, 0.3) is 0 Å². The van der Waals surface area contributed by atoms with Gasteiger partial charge in [-0.15, -0.1) is 5.10 Å². The van der Waals surface area contributed by atoms with E-state index in [4.69, 9.17) is 4.74 Å². The lowest BCUT2D eigenvalue weighted by Crippen LogP contribution is -2.14. The van der Waals surface area contributed by atoms with Crippen molar-refractivity contribution in [3.8, 4) is 5.88 Å². The van der Waals surface area contributed by atoms with Gasteiger partial charge in [0.15, 0.2) is 0 Å². The highest BCUT2D eigenvalue weighted by molar-refractivity contribution is 5.15. The van der Waals surface area contributed by atoms with Crippen molar-refractivity contribution >= 4 is 0 Å². The Labute approximate surface area is 129 Å². The molecule has 1 aliphatic carbocycles. The first-order chi connectivity index (χ1) is 10.3. The van der Waals surface area contributed by atoms with Gasteiger partial charge in [0.05, 0.1) is 12.3 Å². The second-order valence-corrected chi connectivity index (χ2v) is 6.30. The SMILES string of the molecule is CCCCCCC1CCC(c2ccc(OCC)nn2)CC1. The van der Waals surface area contributed by atoms with Crippen LogP contribution in [0.1, 0.15) is 83.2 Å². The van der Waals surface area contributed by atoms with E-state index in [2.05, 4.69) is 23.2 Å². The van der Waals surface area contributed by atoms with Gasteiger partial charge in [-0.05, 0) is 44.6 Å². The van der Waals surface area contributed by atoms with Crippen molar-refractivity contribution in [1.29, 1.82) is 0 Å². The minimum absolute atomic E-state index is 0.611. The quantitative estimate of drug-likeness (QED) is 0.623. The Morgan fingerprint density at radius 2 is 1.81 bits per heavy atom. The van der Waals surface area contributed by atoms with Gasteiger partial charge in [0.2, 0.25) is 5.88 Å². The number of unbranched alkanes of at least 4 members (excludes halogenated alkanes) is 3. The first-order valence-electron chi connectivity index (χ1n) is 8.79. The molecule has 1 aromatic rings. The summed E-state index contributed by atoms with van der Waals surface area (Å²) in [5, 5.41) is 8.52. The summed E-state index contributed by atoms with van der Waals surface area (Å²) >= 11 is 0. The van der Waals surface area contributed by atoms with Crippen LogP contribution in [0.3, 0.4) is 0 Å². The molecule has 0 amide bonds. The summed E-state index contributed by atoms with van der Waals surface area (Å²) in [5.41, 5.74) is 1.16. The Hall–Kier alpha value is -1.12. The zero-order valence-electron chi connectivity index (χ0n) is 13.7. The minimum atomic E-state index is 0.611. The van der Waals surface area contributed by atoms with Gasteiger partial charge in [0, 0.05) is 12.0 Å². The second-order valence-electron chi connectivity index (χ2n) is 6.30. The van der Waals surface area contributed by atoms with Crippen molar-refractivity contribution in [3.63, 3.8) is 0 Å². The third-order valence-corrected chi connectivity index (χ3v) is 4.68. The van der Waals surface area contributed by atoms with E-state index in [1.165, 1.54) is 57.8 Å². The predicted octanol–water partition coefficient (Wildman–Crippen LogP) is 5.12. The highest BCUT2D eigenvalue weighted by Crippen LogP contribution is 2.37. The van der Waals surface area contributed by atoms with E-state index < -0.39 is 0 Å². The zero-order chi connectivity index (χ0) is 14.9. The van der Waals surface area contributed by atoms with Crippen molar-refractivity contribution in [1.82, 2.24) is 10.2 Å². The van der Waals surface area contributed by atoms with Crippen LogP contribution in [0.5, 0.6) is 5.88 Å². The maximum Gasteiger partial charge on any atom is 0.233 e. The molecule has 0 aromatic carbocycles. The Morgan fingerprint density at radius 3 is 2.43 bits per heavy atom. The van der Waals surface area contributed by atoms with Gasteiger partial charge in [-0.2, -0.15) is 5.10 Å². The third-order valence-electron chi connectivity index (χ3n) is 4.68. The molecule has 1 fully saturated rings. The molecule has 1 saturated carbocycles. The fourth-order valence-electron chi connectivity index (χ4n) is 3.38. The second kappa shape index (κ2) is 9.01. The highest BCUT2D eigenvalue weighted by Gasteiger charge is 2.23. The molecule has 2 rings (SSSR count). The summed E-state index contributed by atoms with van der Waals surface area (Å²) in [6.45, 7) is 4.90. The monoisotopic (exact) mass is 290 g/mol. The van der Waals surface area contributed by atoms with Crippen molar-refractivity contribution in [2.45, 2.75) is 77.6 Å². The van der Waals surface area contributed by atoms with Gasteiger partial charge in [-0.3, -0.25) is 0 Å². The smallest absolute Gasteiger partial charge is 0.233 e. The fraction of sp³-hybridized carbons (Fsp3) is 0.778.